The fourth-order valence-electron chi connectivity index (χ4n) is 4.14. The molecule has 2 aromatic rings. The molecule has 6 nitrogen and oxygen atoms in total. The number of amides is 1. The Balaban J connectivity index is 1.26. The maximum absolute atomic E-state index is 12.6. The smallest absolute Gasteiger partial charge is 0.255 e. The topological polar surface area (TPSA) is 60.0 Å². The van der Waals surface area contributed by atoms with E-state index in [1.54, 1.807) is 0 Å². The Bertz CT molecular complexity index is 869. The van der Waals surface area contributed by atoms with E-state index < -0.39 is 5.79 Å². The number of anilines is 2. The Morgan fingerprint density at radius 3 is 2.39 bits per heavy atom. The van der Waals surface area contributed by atoms with E-state index in [0.29, 0.717) is 17.0 Å². The van der Waals surface area contributed by atoms with E-state index in [1.165, 1.54) is 0 Å². The molecule has 1 saturated heterocycles. The first-order valence-electron chi connectivity index (χ1n) is 9.97. The molecule has 0 bridgehead atoms. The van der Waals surface area contributed by atoms with Crippen LogP contribution in [-0.2, 0) is 4.74 Å². The largest absolute Gasteiger partial charge is 0.448 e. The first kappa shape index (κ1) is 17.4. The molecule has 1 N–H and O–H groups in total. The van der Waals surface area contributed by atoms with E-state index in [4.69, 9.17) is 14.2 Å². The summed E-state index contributed by atoms with van der Waals surface area (Å²) in [6.07, 6.45) is 4.08. The molecule has 2 aromatic carbocycles. The van der Waals surface area contributed by atoms with Crippen LogP contribution in [0.5, 0.6) is 11.5 Å². The molecular formula is C22H24N2O4. The Morgan fingerprint density at radius 2 is 1.64 bits per heavy atom. The highest BCUT2D eigenvalue weighted by atomic mass is 16.7. The molecule has 1 aliphatic carbocycles. The third-order valence-electron chi connectivity index (χ3n) is 5.66. The van der Waals surface area contributed by atoms with Crippen LogP contribution in [0.2, 0.25) is 0 Å². The number of benzene rings is 2. The van der Waals surface area contributed by atoms with Crippen molar-refractivity contribution in [3.8, 4) is 11.5 Å². The van der Waals surface area contributed by atoms with Gasteiger partial charge in [0.2, 0.25) is 0 Å². The fourth-order valence-corrected chi connectivity index (χ4v) is 4.14. The van der Waals surface area contributed by atoms with Gasteiger partial charge in [-0.15, -0.1) is 0 Å². The zero-order valence-corrected chi connectivity index (χ0v) is 15.8. The Morgan fingerprint density at radius 1 is 0.929 bits per heavy atom. The fraction of sp³-hybridized carbons (Fsp3) is 0.409. The monoisotopic (exact) mass is 380 g/mol. The van der Waals surface area contributed by atoms with Crippen LogP contribution in [-0.4, -0.2) is 38.0 Å². The normalized spacial score (nSPS) is 19.8. The number of carbonyl (C=O) groups is 1. The number of hydrogen-bond donors (Lipinski definition) is 1. The van der Waals surface area contributed by atoms with E-state index in [1.807, 2.05) is 42.5 Å². The molecule has 2 aliphatic heterocycles. The molecule has 0 atom stereocenters. The molecule has 1 saturated carbocycles. The van der Waals surface area contributed by atoms with Gasteiger partial charge in [-0.3, -0.25) is 4.79 Å². The van der Waals surface area contributed by atoms with Crippen LogP contribution in [0.25, 0.3) is 0 Å². The lowest BCUT2D eigenvalue weighted by Gasteiger charge is -2.28. The van der Waals surface area contributed by atoms with Crippen LogP contribution in [0.15, 0.2) is 42.5 Å². The van der Waals surface area contributed by atoms with Crippen molar-refractivity contribution >= 4 is 17.3 Å². The zero-order chi connectivity index (χ0) is 19.0. The Kier molecular flexibility index (Phi) is 4.36. The van der Waals surface area contributed by atoms with E-state index in [-0.39, 0.29) is 5.91 Å². The molecule has 0 aromatic heterocycles. The highest BCUT2D eigenvalue weighted by Crippen LogP contribution is 2.47. The van der Waals surface area contributed by atoms with Gasteiger partial charge in [-0.1, -0.05) is 0 Å². The molecule has 5 rings (SSSR count). The molecule has 0 radical (unpaired) electrons. The third-order valence-corrected chi connectivity index (χ3v) is 5.66. The summed E-state index contributed by atoms with van der Waals surface area (Å²) >= 11 is 0. The molecule has 2 heterocycles. The van der Waals surface area contributed by atoms with Crippen molar-refractivity contribution in [2.45, 2.75) is 31.5 Å². The first-order valence-corrected chi connectivity index (χ1v) is 9.97. The lowest BCUT2D eigenvalue weighted by Crippen LogP contribution is -2.36. The molecule has 0 unspecified atom stereocenters. The minimum Gasteiger partial charge on any atom is -0.448 e. The molecule has 1 amide bonds. The van der Waals surface area contributed by atoms with Gasteiger partial charge in [0.1, 0.15) is 0 Å². The predicted molar refractivity (Wildman–Crippen MR) is 106 cm³/mol. The number of nitrogens with zero attached hydrogens (tertiary/aromatic N) is 1. The second kappa shape index (κ2) is 7.02. The lowest BCUT2D eigenvalue weighted by molar-refractivity contribution is -0.0716. The first-order chi connectivity index (χ1) is 13.7. The SMILES string of the molecule is O=C(Nc1ccc2c(c1)OC1(CCCC1)O2)c1ccc(N2CCOCC2)cc1. The number of ether oxygens (including phenoxy) is 3. The highest BCUT2D eigenvalue weighted by Gasteiger charge is 2.44. The van der Waals surface area contributed by atoms with Crippen molar-refractivity contribution < 1.29 is 19.0 Å². The van der Waals surface area contributed by atoms with Gasteiger partial charge in [-0.2, -0.15) is 0 Å². The standard InChI is InChI=1S/C22H24N2O4/c25-21(16-3-6-18(7-4-16)24-11-13-26-14-12-24)23-17-5-8-19-20(15-17)28-22(27-19)9-1-2-10-22/h3-8,15H,1-2,9-14H2,(H,23,25). The molecule has 28 heavy (non-hydrogen) atoms. The molecule has 3 aliphatic rings. The summed E-state index contributed by atoms with van der Waals surface area (Å²) in [6.45, 7) is 3.25. The maximum atomic E-state index is 12.6. The maximum Gasteiger partial charge on any atom is 0.255 e. The molecule has 6 heteroatoms. The van der Waals surface area contributed by atoms with Gasteiger partial charge < -0.3 is 24.4 Å². The second-order valence-electron chi connectivity index (χ2n) is 7.58. The van der Waals surface area contributed by atoms with Gasteiger partial charge in [0, 0.05) is 48.9 Å². The summed E-state index contributed by atoms with van der Waals surface area (Å²) < 4.78 is 17.5. The Labute approximate surface area is 164 Å². The lowest BCUT2D eigenvalue weighted by atomic mass is 10.1. The summed E-state index contributed by atoms with van der Waals surface area (Å²) in [7, 11) is 0. The molecule has 146 valence electrons. The van der Waals surface area contributed by atoms with Crippen molar-refractivity contribution in [2.24, 2.45) is 0 Å². The summed E-state index contributed by atoms with van der Waals surface area (Å²) in [5.41, 5.74) is 2.45. The number of carbonyl (C=O) groups excluding carboxylic acids is 1. The quantitative estimate of drug-likeness (QED) is 0.877. The van der Waals surface area contributed by atoms with Crippen molar-refractivity contribution in [1.29, 1.82) is 0 Å². The number of hydrogen-bond acceptors (Lipinski definition) is 5. The van der Waals surface area contributed by atoms with Crippen LogP contribution in [0.3, 0.4) is 0 Å². The summed E-state index contributed by atoms with van der Waals surface area (Å²) in [4.78, 5) is 14.9. The van der Waals surface area contributed by atoms with Gasteiger partial charge in [0.25, 0.3) is 11.7 Å². The van der Waals surface area contributed by atoms with Crippen molar-refractivity contribution in [3.05, 3.63) is 48.0 Å². The molecular weight excluding hydrogens is 356 g/mol. The van der Waals surface area contributed by atoms with Gasteiger partial charge in [0.05, 0.1) is 13.2 Å². The van der Waals surface area contributed by atoms with Crippen molar-refractivity contribution in [2.75, 3.05) is 36.5 Å². The van der Waals surface area contributed by atoms with E-state index >= 15 is 0 Å². The van der Waals surface area contributed by atoms with E-state index in [2.05, 4.69) is 10.2 Å². The second-order valence-corrected chi connectivity index (χ2v) is 7.58. The van der Waals surface area contributed by atoms with E-state index in [9.17, 15) is 4.79 Å². The Hall–Kier alpha value is -2.73. The average Bonchev–Trinajstić information content (AvgIpc) is 3.34. The van der Waals surface area contributed by atoms with Crippen molar-refractivity contribution in [1.82, 2.24) is 0 Å². The summed E-state index contributed by atoms with van der Waals surface area (Å²) in [5, 5.41) is 2.96. The van der Waals surface area contributed by atoms with Crippen LogP contribution >= 0.6 is 0 Å². The van der Waals surface area contributed by atoms with Gasteiger partial charge >= 0.3 is 0 Å². The van der Waals surface area contributed by atoms with Crippen LogP contribution in [0.4, 0.5) is 11.4 Å². The van der Waals surface area contributed by atoms with Crippen molar-refractivity contribution in [3.63, 3.8) is 0 Å². The minimum absolute atomic E-state index is 0.136. The molecule has 1 spiro atoms. The zero-order valence-electron chi connectivity index (χ0n) is 15.8. The van der Waals surface area contributed by atoms with Crippen LogP contribution in [0, 0.1) is 0 Å². The van der Waals surface area contributed by atoms with Crippen LogP contribution in [0.1, 0.15) is 36.0 Å². The number of nitrogens with one attached hydrogen (secondary N) is 1. The third kappa shape index (κ3) is 3.29. The summed E-state index contributed by atoms with van der Waals surface area (Å²) in [6, 6.07) is 13.3. The van der Waals surface area contributed by atoms with Gasteiger partial charge in [0.15, 0.2) is 11.5 Å². The summed E-state index contributed by atoms with van der Waals surface area (Å²) in [5.74, 6) is 0.848. The average molecular weight is 380 g/mol. The minimum atomic E-state index is -0.486. The van der Waals surface area contributed by atoms with Gasteiger partial charge in [-0.25, -0.2) is 0 Å². The predicted octanol–water partition coefficient (Wildman–Crippen LogP) is 3.82. The number of fused-ring (bicyclic) bond motifs is 1. The highest BCUT2D eigenvalue weighted by molar-refractivity contribution is 6.04. The van der Waals surface area contributed by atoms with Gasteiger partial charge in [-0.05, 0) is 49.2 Å². The number of rotatable bonds is 3. The van der Waals surface area contributed by atoms with E-state index in [0.717, 1.165) is 63.4 Å². The molecule has 2 fully saturated rings. The number of morpholine rings is 1. The van der Waals surface area contributed by atoms with Crippen LogP contribution < -0.4 is 19.7 Å².